The van der Waals surface area contributed by atoms with Crippen LogP contribution in [0.3, 0.4) is 0 Å². The number of nitrogens with one attached hydrogen (secondary N) is 1. The van der Waals surface area contributed by atoms with E-state index in [0.717, 1.165) is 23.7 Å². The Kier molecular flexibility index (Phi) is 1.75. The van der Waals surface area contributed by atoms with Crippen molar-refractivity contribution < 1.29 is 0 Å². The Bertz CT molecular complexity index is 229. The number of fused-ring (bicyclic) bond motifs is 1. The fraction of sp³-hybridized carbons (Fsp3) is 0.636. The monoisotopic (exact) mass is 163 g/mol. The van der Waals surface area contributed by atoms with Gasteiger partial charge >= 0.3 is 0 Å². The summed E-state index contributed by atoms with van der Waals surface area (Å²) in [6, 6.07) is 0. The van der Waals surface area contributed by atoms with Crippen LogP contribution in [0.1, 0.15) is 13.8 Å². The Hall–Kier alpha value is -0.720. The second-order valence-corrected chi connectivity index (χ2v) is 4.10. The van der Waals surface area contributed by atoms with Crippen molar-refractivity contribution >= 4 is 0 Å². The Labute approximate surface area is 74.5 Å². The average Bonchev–Trinajstić information content (AvgIpc) is 2.35. The predicted molar refractivity (Wildman–Crippen MR) is 51.6 cm³/mol. The van der Waals surface area contributed by atoms with Gasteiger partial charge in [-0.25, -0.2) is 0 Å². The Morgan fingerprint density at radius 1 is 1.17 bits per heavy atom. The molecule has 1 nitrogen and oxygen atoms in total. The lowest BCUT2D eigenvalue weighted by Gasteiger charge is -2.46. The van der Waals surface area contributed by atoms with E-state index in [9.17, 15) is 0 Å². The van der Waals surface area contributed by atoms with E-state index < -0.39 is 0 Å². The van der Waals surface area contributed by atoms with Crippen LogP contribution in [0.4, 0.5) is 0 Å². The maximum atomic E-state index is 3.22. The molecule has 2 bridgehead atoms. The molecular weight excluding hydrogens is 146 g/mol. The minimum atomic E-state index is 0.799. The molecule has 0 saturated heterocycles. The first-order chi connectivity index (χ1) is 5.74. The lowest BCUT2D eigenvalue weighted by Crippen LogP contribution is -2.40. The van der Waals surface area contributed by atoms with Gasteiger partial charge in [-0.15, -0.1) is 0 Å². The van der Waals surface area contributed by atoms with Gasteiger partial charge in [0.25, 0.3) is 0 Å². The van der Waals surface area contributed by atoms with Gasteiger partial charge in [0.15, 0.2) is 0 Å². The molecular formula is C11H17N. The molecule has 2 atom stereocenters. The summed E-state index contributed by atoms with van der Waals surface area (Å²) in [7, 11) is 1.99. The van der Waals surface area contributed by atoms with Crippen LogP contribution in [0.15, 0.2) is 23.9 Å². The van der Waals surface area contributed by atoms with E-state index in [1.165, 1.54) is 5.70 Å². The molecule has 1 saturated carbocycles. The maximum absolute atomic E-state index is 3.22. The van der Waals surface area contributed by atoms with Gasteiger partial charge < -0.3 is 5.32 Å². The Morgan fingerprint density at radius 3 is 2.42 bits per heavy atom. The quantitative estimate of drug-likeness (QED) is 0.624. The molecule has 12 heavy (non-hydrogen) atoms. The van der Waals surface area contributed by atoms with E-state index in [0.29, 0.717) is 0 Å². The fourth-order valence-corrected chi connectivity index (χ4v) is 2.62. The minimum absolute atomic E-state index is 0.799. The first kappa shape index (κ1) is 7.90. The second-order valence-electron chi connectivity index (χ2n) is 4.10. The molecule has 66 valence electrons. The van der Waals surface area contributed by atoms with Crippen LogP contribution in [0.25, 0.3) is 0 Å². The molecule has 0 aromatic rings. The molecule has 0 amide bonds. The topological polar surface area (TPSA) is 12.0 Å². The minimum Gasteiger partial charge on any atom is -0.388 e. The Morgan fingerprint density at radius 2 is 1.83 bits per heavy atom. The highest BCUT2D eigenvalue weighted by Gasteiger charge is 2.43. The van der Waals surface area contributed by atoms with Gasteiger partial charge in [0, 0.05) is 12.7 Å². The summed E-state index contributed by atoms with van der Waals surface area (Å²) in [5.41, 5.74) is 1.29. The first-order valence-electron chi connectivity index (χ1n) is 4.82. The molecule has 3 rings (SSSR count). The second kappa shape index (κ2) is 2.65. The van der Waals surface area contributed by atoms with Crippen LogP contribution in [-0.2, 0) is 0 Å². The summed E-state index contributed by atoms with van der Waals surface area (Å²) in [6.07, 6.45) is 6.97. The number of likely N-dealkylation sites (N-methyl/N-ethyl adjacent to an activating group) is 1. The molecule has 1 N–H and O–H groups in total. The molecule has 0 heterocycles. The SMILES string of the molecule is CNC1=CC2C(C)C(C=C1)C2C. The van der Waals surface area contributed by atoms with E-state index in [1.807, 2.05) is 7.05 Å². The van der Waals surface area contributed by atoms with E-state index in [2.05, 4.69) is 37.4 Å². The zero-order valence-corrected chi connectivity index (χ0v) is 8.04. The lowest BCUT2D eigenvalue weighted by molar-refractivity contribution is 0.0769. The van der Waals surface area contributed by atoms with Gasteiger partial charge in [-0.2, -0.15) is 0 Å². The summed E-state index contributed by atoms with van der Waals surface area (Å²) in [5, 5.41) is 3.22. The number of rotatable bonds is 1. The van der Waals surface area contributed by atoms with E-state index in [1.54, 1.807) is 0 Å². The van der Waals surface area contributed by atoms with Crippen LogP contribution >= 0.6 is 0 Å². The van der Waals surface area contributed by atoms with Crippen LogP contribution in [0.2, 0.25) is 0 Å². The molecule has 3 aliphatic rings. The fourth-order valence-electron chi connectivity index (χ4n) is 2.62. The molecule has 0 aliphatic heterocycles. The summed E-state index contributed by atoms with van der Waals surface area (Å²) in [5.74, 6) is 3.31. The van der Waals surface area contributed by atoms with Crippen molar-refractivity contribution in [2.24, 2.45) is 23.7 Å². The van der Waals surface area contributed by atoms with Gasteiger partial charge in [-0.3, -0.25) is 0 Å². The Balaban J connectivity index is 2.25. The van der Waals surface area contributed by atoms with Crippen LogP contribution in [0.5, 0.6) is 0 Å². The number of allylic oxidation sites excluding steroid dienone is 3. The highest BCUT2D eigenvalue weighted by molar-refractivity contribution is 5.27. The predicted octanol–water partition coefficient (Wildman–Crippen LogP) is 2.18. The van der Waals surface area contributed by atoms with E-state index in [4.69, 9.17) is 0 Å². The van der Waals surface area contributed by atoms with Crippen LogP contribution in [-0.4, -0.2) is 7.05 Å². The number of hydrogen-bond acceptors (Lipinski definition) is 1. The van der Waals surface area contributed by atoms with Gasteiger partial charge in [0.05, 0.1) is 0 Å². The van der Waals surface area contributed by atoms with Gasteiger partial charge in [-0.05, 0) is 29.7 Å². The van der Waals surface area contributed by atoms with Gasteiger partial charge in [0.1, 0.15) is 0 Å². The van der Waals surface area contributed by atoms with Gasteiger partial charge in [0.2, 0.25) is 0 Å². The molecule has 1 fully saturated rings. The third-order valence-corrected chi connectivity index (χ3v) is 3.59. The largest absolute Gasteiger partial charge is 0.388 e. The molecule has 0 aromatic heterocycles. The molecule has 0 spiro atoms. The van der Waals surface area contributed by atoms with E-state index in [-0.39, 0.29) is 0 Å². The standard InChI is InChI=1S/C11H17N/c1-7-10-5-4-9(12-3)6-11(7)8(10)2/h4-8,10-12H,1-3H3. The third kappa shape index (κ3) is 0.921. The van der Waals surface area contributed by atoms with E-state index >= 15 is 0 Å². The molecule has 0 aromatic carbocycles. The third-order valence-electron chi connectivity index (χ3n) is 3.59. The molecule has 0 radical (unpaired) electrons. The zero-order chi connectivity index (χ0) is 8.72. The summed E-state index contributed by atoms with van der Waals surface area (Å²) < 4.78 is 0. The number of hydrogen-bond donors (Lipinski definition) is 1. The highest BCUT2D eigenvalue weighted by atomic mass is 14.8. The molecule has 2 unspecified atom stereocenters. The summed E-state index contributed by atoms with van der Waals surface area (Å²) in [4.78, 5) is 0. The smallest absolute Gasteiger partial charge is 0.0296 e. The van der Waals surface area contributed by atoms with Crippen molar-refractivity contribution in [3.63, 3.8) is 0 Å². The van der Waals surface area contributed by atoms with Gasteiger partial charge in [-0.1, -0.05) is 26.0 Å². The average molecular weight is 163 g/mol. The van der Waals surface area contributed by atoms with Crippen molar-refractivity contribution in [1.29, 1.82) is 0 Å². The van der Waals surface area contributed by atoms with Crippen molar-refractivity contribution in [2.75, 3.05) is 7.05 Å². The molecule has 1 heteroatoms. The zero-order valence-electron chi connectivity index (χ0n) is 8.04. The highest BCUT2D eigenvalue weighted by Crippen LogP contribution is 2.49. The van der Waals surface area contributed by atoms with Crippen molar-refractivity contribution in [3.8, 4) is 0 Å². The molecule has 3 aliphatic carbocycles. The lowest BCUT2D eigenvalue weighted by atomic mass is 9.59. The normalized spacial score (nSPS) is 44.4. The first-order valence-corrected chi connectivity index (χ1v) is 4.82. The maximum Gasteiger partial charge on any atom is 0.0296 e. The summed E-state index contributed by atoms with van der Waals surface area (Å²) >= 11 is 0. The van der Waals surface area contributed by atoms with Crippen molar-refractivity contribution in [2.45, 2.75) is 13.8 Å². The van der Waals surface area contributed by atoms with Crippen molar-refractivity contribution in [1.82, 2.24) is 5.32 Å². The summed E-state index contributed by atoms with van der Waals surface area (Å²) in [6.45, 7) is 4.71. The van der Waals surface area contributed by atoms with Crippen LogP contribution in [0, 0.1) is 23.7 Å². The van der Waals surface area contributed by atoms with Crippen molar-refractivity contribution in [3.05, 3.63) is 23.9 Å². The van der Waals surface area contributed by atoms with Crippen LogP contribution < -0.4 is 5.32 Å².